The van der Waals surface area contributed by atoms with Crippen molar-refractivity contribution in [3.63, 3.8) is 0 Å². The Labute approximate surface area is 118 Å². The van der Waals surface area contributed by atoms with Gasteiger partial charge < -0.3 is 5.32 Å². The first-order valence-electron chi connectivity index (χ1n) is 6.40. The Morgan fingerprint density at radius 3 is 2.70 bits per heavy atom. The SMILES string of the molecule is Cc1ccc(CCNC(=O)c2cccc(C#N)n2)cc1. The van der Waals surface area contributed by atoms with Gasteiger partial charge in [-0.2, -0.15) is 5.26 Å². The zero-order valence-corrected chi connectivity index (χ0v) is 11.3. The number of hydrogen-bond donors (Lipinski definition) is 1. The molecule has 4 nitrogen and oxygen atoms in total. The van der Waals surface area contributed by atoms with Gasteiger partial charge in [-0.25, -0.2) is 4.98 Å². The van der Waals surface area contributed by atoms with Gasteiger partial charge >= 0.3 is 0 Å². The number of nitrogens with zero attached hydrogens (tertiary/aromatic N) is 2. The summed E-state index contributed by atoms with van der Waals surface area (Å²) in [6, 6.07) is 14.9. The van der Waals surface area contributed by atoms with Crippen molar-refractivity contribution in [2.75, 3.05) is 6.54 Å². The Hall–Kier alpha value is -2.67. The monoisotopic (exact) mass is 265 g/mol. The van der Waals surface area contributed by atoms with Gasteiger partial charge in [-0.05, 0) is 31.0 Å². The largest absolute Gasteiger partial charge is 0.350 e. The lowest BCUT2D eigenvalue weighted by molar-refractivity contribution is 0.0949. The lowest BCUT2D eigenvalue weighted by Crippen LogP contribution is -2.26. The highest BCUT2D eigenvalue weighted by Crippen LogP contribution is 2.03. The standard InChI is InChI=1S/C16H15N3O/c1-12-5-7-13(8-6-12)9-10-18-16(20)15-4-2-3-14(11-17)19-15/h2-8H,9-10H2,1H3,(H,18,20). The third kappa shape index (κ3) is 3.66. The van der Waals surface area contributed by atoms with E-state index in [4.69, 9.17) is 5.26 Å². The molecule has 2 aromatic rings. The lowest BCUT2D eigenvalue weighted by Gasteiger charge is -2.05. The van der Waals surface area contributed by atoms with Crippen LogP contribution in [0.3, 0.4) is 0 Å². The average molecular weight is 265 g/mol. The summed E-state index contributed by atoms with van der Waals surface area (Å²) < 4.78 is 0. The van der Waals surface area contributed by atoms with E-state index < -0.39 is 0 Å². The maximum absolute atomic E-state index is 11.9. The minimum atomic E-state index is -0.255. The van der Waals surface area contributed by atoms with Gasteiger partial charge in [0.25, 0.3) is 5.91 Å². The number of nitriles is 1. The van der Waals surface area contributed by atoms with E-state index in [1.54, 1.807) is 18.2 Å². The summed E-state index contributed by atoms with van der Waals surface area (Å²) >= 11 is 0. The summed E-state index contributed by atoms with van der Waals surface area (Å²) in [4.78, 5) is 15.8. The number of carbonyl (C=O) groups is 1. The number of amides is 1. The normalized spacial score (nSPS) is 9.80. The van der Waals surface area contributed by atoms with Crippen molar-refractivity contribution in [2.45, 2.75) is 13.3 Å². The van der Waals surface area contributed by atoms with Crippen LogP contribution in [0.4, 0.5) is 0 Å². The minimum Gasteiger partial charge on any atom is -0.350 e. The summed E-state index contributed by atoms with van der Waals surface area (Å²) in [5.41, 5.74) is 2.91. The molecule has 0 aliphatic rings. The van der Waals surface area contributed by atoms with Crippen molar-refractivity contribution in [2.24, 2.45) is 0 Å². The third-order valence-corrected chi connectivity index (χ3v) is 2.92. The average Bonchev–Trinajstić information content (AvgIpc) is 2.49. The first kappa shape index (κ1) is 13.8. The molecule has 0 aliphatic heterocycles. The van der Waals surface area contributed by atoms with E-state index in [1.165, 1.54) is 11.1 Å². The van der Waals surface area contributed by atoms with Gasteiger partial charge in [0.15, 0.2) is 0 Å². The Bertz CT molecular complexity index is 642. The second kappa shape index (κ2) is 6.48. The molecule has 0 atom stereocenters. The molecule has 0 radical (unpaired) electrons. The number of pyridine rings is 1. The van der Waals surface area contributed by atoms with E-state index in [1.807, 2.05) is 13.0 Å². The van der Waals surface area contributed by atoms with Crippen LogP contribution in [0.5, 0.6) is 0 Å². The fourth-order valence-corrected chi connectivity index (χ4v) is 1.79. The van der Waals surface area contributed by atoms with Gasteiger partial charge in [-0.3, -0.25) is 4.79 Å². The molecule has 20 heavy (non-hydrogen) atoms. The van der Waals surface area contributed by atoms with Crippen LogP contribution in [-0.2, 0) is 6.42 Å². The van der Waals surface area contributed by atoms with E-state index >= 15 is 0 Å². The number of aryl methyl sites for hydroxylation is 1. The number of carbonyl (C=O) groups excluding carboxylic acids is 1. The minimum absolute atomic E-state index is 0.246. The van der Waals surface area contributed by atoms with E-state index in [-0.39, 0.29) is 17.3 Å². The zero-order valence-electron chi connectivity index (χ0n) is 11.3. The molecule has 1 aromatic heterocycles. The second-order valence-electron chi connectivity index (χ2n) is 4.51. The van der Waals surface area contributed by atoms with Crippen LogP contribution in [0.1, 0.15) is 27.3 Å². The number of benzene rings is 1. The van der Waals surface area contributed by atoms with Crippen molar-refractivity contribution >= 4 is 5.91 Å². The third-order valence-electron chi connectivity index (χ3n) is 2.92. The van der Waals surface area contributed by atoms with Crippen molar-refractivity contribution in [1.82, 2.24) is 10.3 Å². The molecule has 1 heterocycles. The van der Waals surface area contributed by atoms with Gasteiger partial charge in [0.2, 0.25) is 0 Å². The molecule has 0 saturated carbocycles. The first-order valence-corrected chi connectivity index (χ1v) is 6.40. The molecule has 100 valence electrons. The predicted molar refractivity (Wildman–Crippen MR) is 76.2 cm³/mol. The highest BCUT2D eigenvalue weighted by atomic mass is 16.1. The molecule has 0 aliphatic carbocycles. The highest BCUT2D eigenvalue weighted by molar-refractivity contribution is 5.92. The summed E-state index contributed by atoms with van der Waals surface area (Å²) in [7, 11) is 0. The van der Waals surface area contributed by atoms with Crippen LogP contribution < -0.4 is 5.32 Å². The van der Waals surface area contributed by atoms with E-state index in [2.05, 4.69) is 34.6 Å². The van der Waals surface area contributed by atoms with Crippen molar-refractivity contribution in [1.29, 1.82) is 5.26 Å². The smallest absolute Gasteiger partial charge is 0.269 e. The second-order valence-corrected chi connectivity index (χ2v) is 4.51. The van der Waals surface area contributed by atoms with Crippen LogP contribution in [0.2, 0.25) is 0 Å². The predicted octanol–water partition coefficient (Wildman–Crippen LogP) is 2.23. The van der Waals surface area contributed by atoms with E-state index in [0.29, 0.717) is 6.54 Å². The summed E-state index contributed by atoms with van der Waals surface area (Å²) in [6.45, 7) is 2.58. The van der Waals surface area contributed by atoms with Crippen molar-refractivity contribution < 1.29 is 4.79 Å². The molecule has 0 unspecified atom stereocenters. The molecule has 4 heteroatoms. The number of rotatable bonds is 4. The zero-order chi connectivity index (χ0) is 14.4. The first-order chi connectivity index (χ1) is 9.69. The van der Waals surface area contributed by atoms with Gasteiger partial charge in [0, 0.05) is 6.54 Å². The number of nitrogens with one attached hydrogen (secondary N) is 1. The summed E-state index contributed by atoms with van der Waals surface area (Å²) in [6.07, 6.45) is 0.768. The van der Waals surface area contributed by atoms with E-state index in [9.17, 15) is 4.79 Å². The van der Waals surface area contributed by atoms with Crippen LogP contribution in [0.15, 0.2) is 42.5 Å². The summed E-state index contributed by atoms with van der Waals surface area (Å²) in [5.74, 6) is -0.255. The molecular weight excluding hydrogens is 250 g/mol. The van der Waals surface area contributed by atoms with Crippen LogP contribution >= 0.6 is 0 Å². The van der Waals surface area contributed by atoms with Crippen LogP contribution in [0, 0.1) is 18.3 Å². The Balaban J connectivity index is 1.89. The lowest BCUT2D eigenvalue weighted by atomic mass is 10.1. The van der Waals surface area contributed by atoms with Crippen molar-refractivity contribution in [3.05, 3.63) is 65.0 Å². The molecule has 1 aromatic carbocycles. The van der Waals surface area contributed by atoms with Crippen LogP contribution in [0.25, 0.3) is 0 Å². The van der Waals surface area contributed by atoms with Gasteiger partial charge in [0.05, 0.1) is 0 Å². The van der Waals surface area contributed by atoms with Gasteiger partial charge in [0.1, 0.15) is 17.5 Å². The van der Waals surface area contributed by atoms with E-state index in [0.717, 1.165) is 6.42 Å². The van der Waals surface area contributed by atoms with Gasteiger partial charge in [-0.15, -0.1) is 0 Å². The number of aromatic nitrogens is 1. The maximum Gasteiger partial charge on any atom is 0.269 e. The Morgan fingerprint density at radius 1 is 1.25 bits per heavy atom. The molecule has 0 saturated heterocycles. The van der Waals surface area contributed by atoms with Gasteiger partial charge in [-0.1, -0.05) is 35.9 Å². The quantitative estimate of drug-likeness (QED) is 0.922. The Kier molecular flexibility index (Phi) is 4.46. The molecular formula is C16H15N3O. The number of hydrogen-bond acceptors (Lipinski definition) is 3. The molecule has 0 spiro atoms. The summed E-state index contributed by atoms with van der Waals surface area (Å²) in [5, 5.41) is 11.5. The van der Waals surface area contributed by atoms with Crippen LogP contribution in [-0.4, -0.2) is 17.4 Å². The Morgan fingerprint density at radius 2 is 2.00 bits per heavy atom. The maximum atomic E-state index is 11.9. The molecule has 2 rings (SSSR count). The highest BCUT2D eigenvalue weighted by Gasteiger charge is 2.07. The van der Waals surface area contributed by atoms with Crippen molar-refractivity contribution in [3.8, 4) is 6.07 Å². The molecule has 0 bridgehead atoms. The fourth-order valence-electron chi connectivity index (χ4n) is 1.79. The fraction of sp³-hybridized carbons (Fsp3) is 0.188. The molecule has 1 N–H and O–H groups in total. The molecule has 1 amide bonds. The molecule has 0 fully saturated rings. The topological polar surface area (TPSA) is 65.8 Å².